The highest BCUT2D eigenvalue weighted by Crippen LogP contribution is 2.38. The van der Waals surface area contributed by atoms with Crippen LogP contribution in [0.5, 0.6) is 0 Å². The Morgan fingerprint density at radius 2 is 0.754 bits per heavy atom. The lowest BCUT2D eigenvalue weighted by molar-refractivity contribution is 0.00578. The predicted octanol–water partition coefficient (Wildman–Crippen LogP) is 12.1. The molecule has 0 atom stereocenters. The maximum atomic E-state index is 9.05. The van der Waals surface area contributed by atoms with Crippen molar-refractivity contribution < 1.29 is 19.4 Å². The summed E-state index contributed by atoms with van der Waals surface area (Å²) in [5, 5.41) is 18.1. The zero-order valence-corrected chi connectivity index (χ0v) is 36.5. The Kier molecular flexibility index (Phi) is 14.0. The van der Waals surface area contributed by atoms with Crippen LogP contribution in [0, 0.1) is 0 Å². The Labute approximate surface area is 369 Å². The first-order valence-corrected chi connectivity index (χ1v) is 21.3. The van der Waals surface area contributed by atoms with Crippen LogP contribution >= 0.6 is 15.9 Å². The minimum absolute atomic E-state index is 0.351. The monoisotopic (exact) mass is 862 g/mol. The number of rotatable bonds is 7. The van der Waals surface area contributed by atoms with E-state index in [1.54, 1.807) is 12.1 Å². The van der Waals surface area contributed by atoms with Crippen LogP contribution in [-0.4, -0.2) is 35.5 Å². The van der Waals surface area contributed by atoms with E-state index in [2.05, 4.69) is 177 Å². The Balaban J connectivity index is 0.000000145. The second kappa shape index (κ2) is 19.7. The first-order chi connectivity index (χ1) is 29.5. The lowest BCUT2D eigenvalue weighted by Crippen LogP contribution is -2.41. The van der Waals surface area contributed by atoms with E-state index in [9.17, 15) is 0 Å². The van der Waals surface area contributed by atoms with Crippen molar-refractivity contribution in [1.29, 1.82) is 0 Å². The van der Waals surface area contributed by atoms with Crippen molar-refractivity contribution in [1.82, 2.24) is 0 Å². The molecule has 7 heteroatoms. The van der Waals surface area contributed by atoms with Crippen LogP contribution in [0.15, 0.2) is 217 Å². The summed E-state index contributed by atoms with van der Waals surface area (Å²) in [6.07, 6.45) is 0. The summed E-state index contributed by atoms with van der Waals surface area (Å²) < 4.78 is 13.7. The minimum Gasteiger partial charge on any atom is -0.423 e. The fraction of sp³-hybridized carbons (Fsp3) is 0.111. The van der Waals surface area contributed by atoms with Gasteiger partial charge in [0.05, 0.1) is 11.2 Å². The van der Waals surface area contributed by atoms with Gasteiger partial charge in [0.15, 0.2) is 0 Å². The summed E-state index contributed by atoms with van der Waals surface area (Å²) in [4.78, 5) is 0. The highest BCUT2D eigenvalue weighted by atomic mass is 79.9. The van der Waals surface area contributed by atoms with Gasteiger partial charge in [0.1, 0.15) is 0 Å². The first kappa shape index (κ1) is 43.3. The van der Waals surface area contributed by atoms with Crippen molar-refractivity contribution in [2.75, 3.05) is 0 Å². The van der Waals surface area contributed by atoms with Gasteiger partial charge < -0.3 is 19.4 Å². The van der Waals surface area contributed by atoms with Crippen LogP contribution < -0.4 is 10.9 Å². The molecule has 8 aromatic rings. The third-order valence-electron chi connectivity index (χ3n) is 11.2. The topological polar surface area (TPSA) is 58.9 Å². The molecule has 61 heavy (non-hydrogen) atoms. The minimum atomic E-state index is -1.41. The van der Waals surface area contributed by atoms with E-state index >= 15 is 0 Å². The Hall–Kier alpha value is -5.79. The maximum absolute atomic E-state index is 9.05. The summed E-state index contributed by atoms with van der Waals surface area (Å²) in [6, 6.07) is 71.9. The Morgan fingerprint density at radius 3 is 1.23 bits per heavy atom. The highest BCUT2D eigenvalue weighted by molar-refractivity contribution is 9.10. The second-order valence-electron chi connectivity index (χ2n) is 15.9. The summed E-state index contributed by atoms with van der Waals surface area (Å²) in [7, 11) is -1.78. The Morgan fingerprint density at radius 1 is 0.393 bits per heavy atom. The molecule has 1 heterocycles. The standard InChI is InChI=1S/C24H25BO2.C18H13Br.C12H11BO2/c1-23(2)24(3,4)27-25(26-23)22-16-9-8-15-21(22)20-14-10-13-19(17-20)18-11-6-5-7-12-18;19-18-12-5-4-11-17(18)16-10-6-9-15(13-16)14-7-2-1-3-8-14;14-13(15)12-8-4-7-11(9-12)10-5-2-1-3-6-10/h5-17H,1-4H3;1-13H;1-9,14-15H. The largest absolute Gasteiger partial charge is 0.495 e. The Bertz CT molecular complexity index is 2640. The van der Waals surface area contributed by atoms with Gasteiger partial charge in [-0.3, -0.25) is 0 Å². The normalized spacial score (nSPS) is 13.6. The van der Waals surface area contributed by atoms with E-state index in [4.69, 9.17) is 19.4 Å². The molecular formula is C54H49B2BrO4. The predicted molar refractivity (Wildman–Crippen MR) is 260 cm³/mol. The van der Waals surface area contributed by atoms with Crippen LogP contribution in [0.4, 0.5) is 0 Å². The average Bonchev–Trinajstić information content (AvgIpc) is 3.53. The van der Waals surface area contributed by atoms with Gasteiger partial charge in [-0.2, -0.15) is 0 Å². The van der Waals surface area contributed by atoms with Crippen molar-refractivity contribution in [3.8, 4) is 55.6 Å². The van der Waals surface area contributed by atoms with E-state index in [-0.39, 0.29) is 18.3 Å². The maximum Gasteiger partial charge on any atom is 0.495 e. The molecule has 0 radical (unpaired) electrons. The summed E-state index contributed by atoms with van der Waals surface area (Å²) in [5.41, 5.74) is 12.6. The number of hydrogen-bond donors (Lipinski definition) is 2. The fourth-order valence-electron chi connectivity index (χ4n) is 7.13. The molecule has 1 aliphatic rings. The van der Waals surface area contributed by atoms with Crippen LogP contribution in [0.2, 0.25) is 0 Å². The summed E-state index contributed by atoms with van der Waals surface area (Å²) >= 11 is 3.61. The average molecular weight is 864 g/mol. The van der Waals surface area contributed by atoms with Crippen LogP contribution in [0.1, 0.15) is 27.7 Å². The van der Waals surface area contributed by atoms with Crippen molar-refractivity contribution >= 4 is 41.1 Å². The molecule has 8 aromatic carbocycles. The van der Waals surface area contributed by atoms with Crippen molar-refractivity contribution in [2.45, 2.75) is 38.9 Å². The van der Waals surface area contributed by atoms with Gasteiger partial charge in [0.2, 0.25) is 0 Å². The van der Waals surface area contributed by atoms with E-state index in [0.29, 0.717) is 5.46 Å². The number of halogens is 1. The zero-order chi connectivity index (χ0) is 42.8. The van der Waals surface area contributed by atoms with Crippen LogP contribution in [0.25, 0.3) is 55.6 Å². The fourth-order valence-corrected chi connectivity index (χ4v) is 7.65. The number of benzene rings is 8. The lowest BCUT2D eigenvalue weighted by Gasteiger charge is -2.32. The zero-order valence-electron chi connectivity index (χ0n) is 35.0. The molecule has 0 unspecified atom stereocenters. The van der Waals surface area contributed by atoms with Gasteiger partial charge in [-0.25, -0.2) is 0 Å². The van der Waals surface area contributed by atoms with Crippen molar-refractivity contribution in [3.63, 3.8) is 0 Å². The molecule has 2 N–H and O–H groups in total. The molecule has 0 saturated carbocycles. The van der Waals surface area contributed by atoms with E-state index in [1.165, 1.54) is 38.9 Å². The van der Waals surface area contributed by atoms with Gasteiger partial charge in [0, 0.05) is 4.47 Å². The molecule has 0 aliphatic carbocycles. The third-order valence-corrected chi connectivity index (χ3v) is 11.9. The molecule has 0 aromatic heterocycles. The lowest BCUT2D eigenvalue weighted by atomic mass is 9.74. The summed E-state index contributed by atoms with van der Waals surface area (Å²) in [6.45, 7) is 8.36. The van der Waals surface area contributed by atoms with Crippen LogP contribution in [-0.2, 0) is 9.31 Å². The van der Waals surface area contributed by atoms with E-state index in [0.717, 1.165) is 26.6 Å². The van der Waals surface area contributed by atoms with Gasteiger partial charge >= 0.3 is 14.2 Å². The SMILES string of the molecule is Brc1ccccc1-c1cccc(-c2ccccc2)c1.CC1(C)OB(c2ccccc2-c2cccc(-c3ccccc3)c2)OC1(C)C.OB(O)c1cccc(-c2ccccc2)c1. The molecule has 1 fully saturated rings. The first-order valence-electron chi connectivity index (χ1n) is 20.5. The molecule has 4 nitrogen and oxygen atoms in total. The third kappa shape index (κ3) is 10.8. The molecule has 0 amide bonds. The van der Waals surface area contributed by atoms with E-state index in [1.807, 2.05) is 66.7 Å². The number of hydrogen-bond acceptors (Lipinski definition) is 4. The van der Waals surface area contributed by atoms with Crippen LogP contribution in [0.3, 0.4) is 0 Å². The molecule has 0 bridgehead atoms. The van der Waals surface area contributed by atoms with Gasteiger partial charge in [-0.15, -0.1) is 0 Å². The van der Waals surface area contributed by atoms with Gasteiger partial charge in [-0.1, -0.05) is 210 Å². The van der Waals surface area contributed by atoms with Crippen molar-refractivity contribution in [2.24, 2.45) is 0 Å². The van der Waals surface area contributed by atoms with Crippen molar-refractivity contribution in [3.05, 3.63) is 217 Å². The molecule has 1 saturated heterocycles. The van der Waals surface area contributed by atoms with Gasteiger partial charge in [-0.05, 0) is 112 Å². The molecular weight excluding hydrogens is 814 g/mol. The van der Waals surface area contributed by atoms with Gasteiger partial charge in [0.25, 0.3) is 0 Å². The second-order valence-corrected chi connectivity index (χ2v) is 16.8. The molecule has 9 rings (SSSR count). The molecule has 302 valence electrons. The van der Waals surface area contributed by atoms with E-state index < -0.39 is 7.12 Å². The highest BCUT2D eigenvalue weighted by Gasteiger charge is 2.52. The summed E-state index contributed by atoms with van der Waals surface area (Å²) in [5.74, 6) is 0. The smallest absolute Gasteiger partial charge is 0.423 e. The molecule has 1 aliphatic heterocycles. The molecule has 0 spiro atoms. The quantitative estimate of drug-likeness (QED) is 0.157.